The lowest BCUT2D eigenvalue weighted by atomic mass is 9.89. The molecule has 2 aliphatic rings. The average Bonchev–Trinajstić information content (AvgIpc) is 2.75. The number of para-hydroxylation sites is 1. The number of halogens is 1. The number of nitrogens with zero attached hydrogens (tertiary/aromatic N) is 1. The van der Waals surface area contributed by atoms with Gasteiger partial charge in [-0.3, -0.25) is 0 Å². The van der Waals surface area contributed by atoms with Crippen LogP contribution in [0.2, 0.25) is 5.02 Å². The van der Waals surface area contributed by atoms with Crippen molar-refractivity contribution < 1.29 is 4.74 Å². The zero-order valence-electron chi connectivity index (χ0n) is 14.0. The molecule has 0 spiro atoms. The Morgan fingerprint density at radius 3 is 2.96 bits per heavy atom. The number of nitrogens with one attached hydrogen (secondary N) is 1. The topological polar surface area (TPSA) is 24.5 Å². The van der Waals surface area contributed by atoms with Crippen LogP contribution in [0.25, 0.3) is 0 Å². The van der Waals surface area contributed by atoms with Crippen molar-refractivity contribution >= 4 is 17.3 Å². The highest BCUT2D eigenvalue weighted by Gasteiger charge is 2.37. The molecule has 4 heteroatoms. The lowest BCUT2D eigenvalue weighted by molar-refractivity contribution is 0.346. The van der Waals surface area contributed by atoms with E-state index < -0.39 is 0 Å². The summed E-state index contributed by atoms with van der Waals surface area (Å²) < 4.78 is 6.27. The molecule has 1 fully saturated rings. The molecule has 0 saturated carbocycles. The van der Waals surface area contributed by atoms with Crippen molar-refractivity contribution in [3.8, 4) is 11.5 Å². The van der Waals surface area contributed by atoms with E-state index in [4.69, 9.17) is 16.3 Å². The maximum absolute atomic E-state index is 6.29. The van der Waals surface area contributed by atoms with Gasteiger partial charge in [0.15, 0.2) is 5.75 Å². The van der Waals surface area contributed by atoms with Gasteiger partial charge in [0.2, 0.25) is 0 Å². The third-order valence-electron chi connectivity index (χ3n) is 4.98. The van der Waals surface area contributed by atoms with Gasteiger partial charge in [0.05, 0.1) is 11.7 Å². The highest BCUT2D eigenvalue weighted by atomic mass is 35.5. The van der Waals surface area contributed by atoms with Crippen LogP contribution in [0.15, 0.2) is 42.5 Å². The first kappa shape index (κ1) is 15.8. The predicted octanol–water partition coefficient (Wildman–Crippen LogP) is 5.16. The molecule has 2 heterocycles. The van der Waals surface area contributed by atoms with Crippen molar-refractivity contribution in [2.45, 2.75) is 38.3 Å². The Balaban J connectivity index is 1.84. The zero-order valence-corrected chi connectivity index (χ0v) is 14.7. The Morgan fingerprint density at radius 1 is 1.21 bits per heavy atom. The highest BCUT2D eigenvalue weighted by molar-refractivity contribution is 6.31. The molecule has 0 aromatic heterocycles. The SMILES string of the molecule is CCCN[C@H]1CCCN2c3cc(Cl)ccc3Oc3ccccc3[C@@H]12. The summed E-state index contributed by atoms with van der Waals surface area (Å²) in [6.45, 7) is 4.28. The van der Waals surface area contributed by atoms with Crippen LogP contribution < -0.4 is 15.0 Å². The fourth-order valence-electron chi connectivity index (χ4n) is 3.93. The summed E-state index contributed by atoms with van der Waals surface area (Å²) in [5.74, 6) is 1.85. The highest BCUT2D eigenvalue weighted by Crippen LogP contribution is 2.48. The van der Waals surface area contributed by atoms with Crippen LogP contribution >= 0.6 is 11.6 Å². The van der Waals surface area contributed by atoms with E-state index in [0.29, 0.717) is 6.04 Å². The molecule has 1 saturated heterocycles. The molecule has 2 aromatic rings. The third-order valence-corrected chi connectivity index (χ3v) is 5.21. The lowest BCUT2D eigenvalue weighted by Gasteiger charge is -2.42. The summed E-state index contributed by atoms with van der Waals surface area (Å²) in [5.41, 5.74) is 2.37. The fourth-order valence-corrected chi connectivity index (χ4v) is 4.10. The van der Waals surface area contributed by atoms with Crippen LogP contribution in [-0.4, -0.2) is 19.1 Å². The normalized spacial score (nSPS) is 22.0. The molecule has 0 radical (unpaired) electrons. The van der Waals surface area contributed by atoms with Gasteiger partial charge in [0, 0.05) is 23.2 Å². The zero-order chi connectivity index (χ0) is 16.5. The van der Waals surface area contributed by atoms with Crippen LogP contribution in [-0.2, 0) is 0 Å². The van der Waals surface area contributed by atoms with Crippen LogP contribution in [0.3, 0.4) is 0 Å². The molecular weight excluding hydrogens is 320 g/mol. The Kier molecular flexibility index (Phi) is 4.38. The third kappa shape index (κ3) is 2.76. The first-order chi connectivity index (χ1) is 11.8. The number of ether oxygens (including phenoxy) is 1. The lowest BCUT2D eigenvalue weighted by Crippen LogP contribution is -2.48. The van der Waals surface area contributed by atoms with Crippen molar-refractivity contribution in [1.82, 2.24) is 5.32 Å². The summed E-state index contributed by atoms with van der Waals surface area (Å²) in [6, 6.07) is 15.1. The van der Waals surface area contributed by atoms with Crippen molar-refractivity contribution in [2.24, 2.45) is 0 Å². The molecule has 24 heavy (non-hydrogen) atoms. The molecular formula is C20H23ClN2O. The van der Waals surface area contributed by atoms with Crippen molar-refractivity contribution in [3.63, 3.8) is 0 Å². The van der Waals surface area contributed by atoms with Gasteiger partial charge in [-0.2, -0.15) is 0 Å². The summed E-state index contributed by atoms with van der Waals surface area (Å²) in [4.78, 5) is 2.48. The summed E-state index contributed by atoms with van der Waals surface area (Å²) in [7, 11) is 0. The largest absolute Gasteiger partial charge is 0.455 e. The van der Waals surface area contributed by atoms with Gasteiger partial charge < -0.3 is 15.0 Å². The average molecular weight is 343 g/mol. The maximum atomic E-state index is 6.29. The Bertz CT molecular complexity index is 733. The summed E-state index contributed by atoms with van der Waals surface area (Å²) in [5, 5.41) is 4.51. The van der Waals surface area contributed by atoms with E-state index in [1.807, 2.05) is 24.3 Å². The van der Waals surface area contributed by atoms with E-state index in [2.05, 4.69) is 35.3 Å². The fraction of sp³-hybridized carbons (Fsp3) is 0.400. The van der Waals surface area contributed by atoms with Gasteiger partial charge in [-0.05, 0) is 50.1 Å². The van der Waals surface area contributed by atoms with Crippen LogP contribution in [0.1, 0.15) is 37.8 Å². The van der Waals surface area contributed by atoms with Gasteiger partial charge in [0.1, 0.15) is 5.75 Å². The minimum Gasteiger partial charge on any atom is -0.455 e. The molecule has 0 bridgehead atoms. The standard InChI is InChI=1S/C20H23ClN2O/c1-2-11-22-16-7-5-12-23-17-13-14(21)9-10-19(17)24-18-8-4-3-6-15(18)20(16)23/h3-4,6,8-10,13,16,20,22H,2,5,7,11-12H2,1H3/t16-,20-/m0/s1. The number of rotatable bonds is 3. The van der Waals surface area contributed by atoms with E-state index in [1.165, 1.54) is 18.4 Å². The van der Waals surface area contributed by atoms with E-state index in [9.17, 15) is 0 Å². The maximum Gasteiger partial charge on any atom is 0.150 e. The number of fused-ring (bicyclic) bond motifs is 5. The minimum atomic E-state index is 0.279. The van der Waals surface area contributed by atoms with Crippen LogP contribution in [0, 0.1) is 0 Å². The monoisotopic (exact) mass is 342 g/mol. The second-order valence-corrected chi connectivity index (χ2v) is 7.03. The van der Waals surface area contributed by atoms with Gasteiger partial charge in [0.25, 0.3) is 0 Å². The summed E-state index contributed by atoms with van der Waals surface area (Å²) in [6.07, 6.45) is 3.50. The molecule has 4 rings (SSSR count). The van der Waals surface area contributed by atoms with Gasteiger partial charge >= 0.3 is 0 Å². The molecule has 1 N–H and O–H groups in total. The number of anilines is 1. The molecule has 0 amide bonds. The van der Waals surface area contributed by atoms with Crippen LogP contribution in [0.5, 0.6) is 11.5 Å². The van der Waals surface area contributed by atoms with Gasteiger partial charge in [-0.15, -0.1) is 0 Å². The van der Waals surface area contributed by atoms with Gasteiger partial charge in [-0.1, -0.05) is 36.7 Å². The first-order valence-corrected chi connectivity index (χ1v) is 9.22. The molecule has 2 aliphatic heterocycles. The second kappa shape index (κ2) is 6.66. The number of benzene rings is 2. The molecule has 3 nitrogen and oxygen atoms in total. The molecule has 126 valence electrons. The molecule has 0 aliphatic carbocycles. The van der Waals surface area contributed by atoms with Crippen molar-refractivity contribution in [3.05, 3.63) is 53.1 Å². The van der Waals surface area contributed by atoms with Crippen molar-refractivity contribution in [2.75, 3.05) is 18.0 Å². The summed E-state index contributed by atoms with van der Waals surface area (Å²) >= 11 is 6.29. The minimum absolute atomic E-state index is 0.279. The van der Waals surface area contributed by atoms with E-state index in [0.717, 1.165) is 41.7 Å². The predicted molar refractivity (Wildman–Crippen MR) is 99.4 cm³/mol. The molecule has 2 atom stereocenters. The quantitative estimate of drug-likeness (QED) is 0.834. The molecule has 2 aromatic carbocycles. The number of hydrogen-bond donors (Lipinski definition) is 1. The second-order valence-electron chi connectivity index (χ2n) is 6.59. The van der Waals surface area contributed by atoms with Crippen LogP contribution in [0.4, 0.5) is 5.69 Å². The smallest absolute Gasteiger partial charge is 0.150 e. The van der Waals surface area contributed by atoms with Crippen molar-refractivity contribution in [1.29, 1.82) is 0 Å². The molecule has 0 unspecified atom stereocenters. The van der Waals surface area contributed by atoms with Gasteiger partial charge in [-0.25, -0.2) is 0 Å². The first-order valence-electron chi connectivity index (χ1n) is 8.84. The Morgan fingerprint density at radius 2 is 2.08 bits per heavy atom. The van der Waals surface area contributed by atoms with E-state index in [1.54, 1.807) is 0 Å². The number of piperidine rings is 1. The Hall–Kier alpha value is -1.71. The Labute approximate surface area is 148 Å². The number of hydrogen-bond acceptors (Lipinski definition) is 3. The van der Waals surface area contributed by atoms with E-state index >= 15 is 0 Å². The van der Waals surface area contributed by atoms with E-state index in [-0.39, 0.29) is 6.04 Å².